The SMILES string of the molecule is CCN(CC)S(=O)(=O)c1cccc(C(=O)OC(C)C(=O)Nc2ccc(N(C)C)cc2)c1. The standard InChI is InChI=1S/C22H29N3O5S/c1-6-25(7-2)31(28,29)20-10-8-9-17(15-20)22(27)30-16(3)21(26)23-18-11-13-19(14-12-18)24(4)5/h8-16H,6-7H2,1-5H3,(H,23,26). The summed E-state index contributed by atoms with van der Waals surface area (Å²) in [5, 5.41) is 2.69. The van der Waals surface area contributed by atoms with Crippen LogP contribution in [0, 0.1) is 0 Å². The predicted molar refractivity (Wildman–Crippen MR) is 121 cm³/mol. The first kappa shape index (κ1) is 24.4. The quantitative estimate of drug-likeness (QED) is 0.594. The van der Waals surface area contributed by atoms with E-state index in [9.17, 15) is 18.0 Å². The van der Waals surface area contributed by atoms with Gasteiger partial charge in [0.2, 0.25) is 10.0 Å². The van der Waals surface area contributed by atoms with E-state index in [4.69, 9.17) is 4.74 Å². The molecule has 0 aliphatic carbocycles. The molecule has 1 N–H and O–H groups in total. The number of amides is 1. The molecule has 0 saturated heterocycles. The van der Waals surface area contributed by atoms with E-state index in [0.717, 1.165) is 5.69 Å². The zero-order valence-electron chi connectivity index (χ0n) is 18.5. The molecule has 0 radical (unpaired) electrons. The Hall–Kier alpha value is -2.91. The number of nitrogens with one attached hydrogen (secondary N) is 1. The van der Waals surface area contributed by atoms with Gasteiger partial charge in [0.1, 0.15) is 0 Å². The normalized spacial score (nSPS) is 12.3. The minimum atomic E-state index is -3.71. The predicted octanol–water partition coefficient (Wildman–Crippen LogP) is 2.97. The van der Waals surface area contributed by atoms with E-state index in [0.29, 0.717) is 18.8 Å². The van der Waals surface area contributed by atoms with Gasteiger partial charge in [-0.25, -0.2) is 13.2 Å². The minimum Gasteiger partial charge on any atom is -0.449 e. The van der Waals surface area contributed by atoms with Gasteiger partial charge in [0, 0.05) is 38.6 Å². The van der Waals surface area contributed by atoms with E-state index in [1.54, 1.807) is 26.0 Å². The van der Waals surface area contributed by atoms with Gasteiger partial charge in [0.15, 0.2) is 6.10 Å². The fourth-order valence-corrected chi connectivity index (χ4v) is 4.37. The summed E-state index contributed by atoms with van der Waals surface area (Å²) in [6.45, 7) is 5.58. The van der Waals surface area contributed by atoms with Crippen LogP contribution in [-0.4, -0.2) is 57.9 Å². The topological polar surface area (TPSA) is 96.0 Å². The van der Waals surface area contributed by atoms with Crippen LogP contribution in [0.2, 0.25) is 0 Å². The molecule has 31 heavy (non-hydrogen) atoms. The van der Waals surface area contributed by atoms with E-state index < -0.39 is 28.0 Å². The van der Waals surface area contributed by atoms with Gasteiger partial charge in [0.05, 0.1) is 10.5 Å². The van der Waals surface area contributed by atoms with Crippen molar-refractivity contribution in [2.24, 2.45) is 0 Å². The number of sulfonamides is 1. The van der Waals surface area contributed by atoms with Crippen LogP contribution >= 0.6 is 0 Å². The molecule has 0 saturated carbocycles. The van der Waals surface area contributed by atoms with Crippen molar-refractivity contribution in [3.8, 4) is 0 Å². The third kappa shape index (κ3) is 6.05. The zero-order chi connectivity index (χ0) is 23.2. The van der Waals surface area contributed by atoms with E-state index in [1.165, 1.54) is 35.5 Å². The Morgan fingerprint density at radius 2 is 1.65 bits per heavy atom. The van der Waals surface area contributed by atoms with Crippen molar-refractivity contribution in [2.75, 3.05) is 37.4 Å². The van der Waals surface area contributed by atoms with Gasteiger partial charge < -0.3 is 15.0 Å². The van der Waals surface area contributed by atoms with Gasteiger partial charge >= 0.3 is 5.97 Å². The van der Waals surface area contributed by atoms with Crippen LogP contribution in [-0.2, 0) is 19.6 Å². The largest absolute Gasteiger partial charge is 0.449 e. The van der Waals surface area contributed by atoms with Gasteiger partial charge in [-0.1, -0.05) is 19.9 Å². The second kappa shape index (κ2) is 10.4. The number of ether oxygens (including phenoxy) is 1. The number of hydrogen-bond acceptors (Lipinski definition) is 6. The van der Waals surface area contributed by atoms with Gasteiger partial charge in [-0.2, -0.15) is 4.31 Å². The lowest BCUT2D eigenvalue weighted by Crippen LogP contribution is -2.31. The van der Waals surface area contributed by atoms with Gasteiger partial charge in [-0.15, -0.1) is 0 Å². The van der Waals surface area contributed by atoms with Crippen LogP contribution in [0.15, 0.2) is 53.4 Å². The van der Waals surface area contributed by atoms with Crippen molar-refractivity contribution in [3.05, 3.63) is 54.1 Å². The van der Waals surface area contributed by atoms with Crippen LogP contribution in [0.25, 0.3) is 0 Å². The molecule has 0 aliphatic rings. The average molecular weight is 448 g/mol. The van der Waals surface area contributed by atoms with Crippen molar-refractivity contribution < 1.29 is 22.7 Å². The zero-order valence-corrected chi connectivity index (χ0v) is 19.3. The number of anilines is 2. The summed E-state index contributed by atoms with van der Waals surface area (Å²) in [5.74, 6) is -1.26. The smallest absolute Gasteiger partial charge is 0.338 e. The monoisotopic (exact) mass is 447 g/mol. The van der Waals surface area contributed by atoms with Crippen LogP contribution in [0.4, 0.5) is 11.4 Å². The fraction of sp³-hybridized carbons (Fsp3) is 0.364. The summed E-state index contributed by atoms with van der Waals surface area (Å²) < 4.78 is 31.9. The Bertz CT molecular complexity index is 1020. The molecule has 1 amide bonds. The first-order valence-corrected chi connectivity index (χ1v) is 11.4. The Morgan fingerprint density at radius 1 is 1.03 bits per heavy atom. The molecule has 0 spiro atoms. The van der Waals surface area contributed by atoms with Crippen LogP contribution in [0.1, 0.15) is 31.1 Å². The third-order valence-corrected chi connectivity index (χ3v) is 6.76. The molecule has 0 aromatic heterocycles. The lowest BCUT2D eigenvalue weighted by Gasteiger charge is -2.19. The van der Waals surface area contributed by atoms with Crippen molar-refractivity contribution in [1.29, 1.82) is 0 Å². The Kier molecular flexibility index (Phi) is 8.18. The molecule has 0 aliphatic heterocycles. The molecule has 0 bridgehead atoms. The summed E-state index contributed by atoms with van der Waals surface area (Å²) in [5.41, 5.74) is 1.62. The Labute approximate surface area is 183 Å². The summed E-state index contributed by atoms with van der Waals surface area (Å²) in [7, 11) is 0.119. The highest BCUT2D eigenvalue weighted by atomic mass is 32.2. The maximum atomic E-state index is 12.7. The molecular weight excluding hydrogens is 418 g/mol. The summed E-state index contributed by atoms with van der Waals surface area (Å²) in [6, 6.07) is 12.8. The number of carbonyl (C=O) groups is 2. The minimum absolute atomic E-state index is 0.00346. The van der Waals surface area contributed by atoms with Gasteiger partial charge in [-0.05, 0) is 49.4 Å². The van der Waals surface area contributed by atoms with E-state index >= 15 is 0 Å². The summed E-state index contributed by atoms with van der Waals surface area (Å²) in [4.78, 5) is 26.8. The first-order chi connectivity index (χ1) is 14.6. The number of benzene rings is 2. The molecule has 1 atom stereocenters. The molecule has 0 fully saturated rings. The summed E-state index contributed by atoms with van der Waals surface area (Å²) in [6.07, 6.45) is -1.07. The molecule has 1 unspecified atom stereocenters. The van der Waals surface area contributed by atoms with Crippen molar-refractivity contribution in [1.82, 2.24) is 4.31 Å². The second-order valence-electron chi connectivity index (χ2n) is 7.10. The third-order valence-electron chi connectivity index (χ3n) is 4.72. The summed E-state index contributed by atoms with van der Waals surface area (Å²) >= 11 is 0. The average Bonchev–Trinajstić information content (AvgIpc) is 2.74. The number of hydrogen-bond donors (Lipinski definition) is 1. The van der Waals surface area contributed by atoms with E-state index in [1.807, 2.05) is 31.1 Å². The van der Waals surface area contributed by atoms with Crippen molar-refractivity contribution in [3.63, 3.8) is 0 Å². The van der Waals surface area contributed by atoms with E-state index in [-0.39, 0.29) is 10.5 Å². The molecular formula is C22H29N3O5S. The highest BCUT2D eigenvalue weighted by molar-refractivity contribution is 7.89. The van der Waals surface area contributed by atoms with Crippen molar-refractivity contribution >= 4 is 33.3 Å². The molecule has 2 aromatic rings. The Morgan fingerprint density at radius 3 is 2.19 bits per heavy atom. The number of rotatable bonds is 9. The highest BCUT2D eigenvalue weighted by Crippen LogP contribution is 2.19. The van der Waals surface area contributed by atoms with Gasteiger partial charge in [-0.3, -0.25) is 4.79 Å². The lowest BCUT2D eigenvalue weighted by molar-refractivity contribution is -0.123. The lowest BCUT2D eigenvalue weighted by atomic mass is 10.2. The second-order valence-corrected chi connectivity index (χ2v) is 9.03. The van der Waals surface area contributed by atoms with E-state index in [2.05, 4.69) is 5.32 Å². The molecule has 2 aromatic carbocycles. The number of nitrogens with zero attached hydrogens (tertiary/aromatic N) is 2. The first-order valence-electron chi connectivity index (χ1n) is 9.99. The van der Waals surface area contributed by atoms with Crippen LogP contribution < -0.4 is 10.2 Å². The molecule has 8 nitrogen and oxygen atoms in total. The molecule has 168 valence electrons. The van der Waals surface area contributed by atoms with Gasteiger partial charge in [0.25, 0.3) is 5.91 Å². The van der Waals surface area contributed by atoms with Crippen LogP contribution in [0.5, 0.6) is 0 Å². The number of esters is 1. The molecule has 0 heterocycles. The fourth-order valence-electron chi connectivity index (χ4n) is 2.87. The van der Waals surface area contributed by atoms with Crippen LogP contribution in [0.3, 0.4) is 0 Å². The molecule has 2 rings (SSSR count). The Balaban J connectivity index is 2.08. The maximum absolute atomic E-state index is 12.7. The number of carbonyl (C=O) groups excluding carboxylic acids is 2. The maximum Gasteiger partial charge on any atom is 0.338 e. The molecule has 9 heteroatoms. The highest BCUT2D eigenvalue weighted by Gasteiger charge is 2.24. The van der Waals surface area contributed by atoms with Crippen molar-refractivity contribution in [2.45, 2.75) is 31.8 Å².